The number of thiophene rings is 1. The summed E-state index contributed by atoms with van der Waals surface area (Å²) in [5.41, 5.74) is 2.34. The first kappa shape index (κ1) is 20.5. The van der Waals surface area contributed by atoms with Gasteiger partial charge in [0.05, 0.1) is 10.6 Å². The fourth-order valence-corrected chi connectivity index (χ4v) is 3.48. The van der Waals surface area contributed by atoms with Crippen molar-refractivity contribution in [3.63, 3.8) is 0 Å². The maximum absolute atomic E-state index is 12.2. The molecule has 150 valence electrons. The summed E-state index contributed by atoms with van der Waals surface area (Å²) in [7, 11) is 0. The van der Waals surface area contributed by atoms with E-state index in [1.165, 1.54) is 11.3 Å². The Hall–Kier alpha value is -3.20. The lowest BCUT2D eigenvalue weighted by Crippen LogP contribution is -2.14. The maximum Gasteiger partial charge on any atom is 0.224 e. The first-order valence-corrected chi connectivity index (χ1v) is 10.1. The molecule has 0 aliphatic carbocycles. The van der Waals surface area contributed by atoms with E-state index in [0.29, 0.717) is 16.4 Å². The zero-order valence-electron chi connectivity index (χ0n) is 16.2. The van der Waals surface area contributed by atoms with Crippen LogP contribution in [0.25, 0.3) is 5.69 Å². The van der Waals surface area contributed by atoms with Crippen LogP contribution in [0.2, 0.25) is 0 Å². The summed E-state index contributed by atoms with van der Waals surface area (Å²) in [6.07, 6.45) is 0.498. The third kappa shape index (κ3) is 5.41. The van der Waals surface area contributed by atoms with E-state index >= 15 is 0 Å². The van der Waals surface area contributed by atoms with Gasteiger partial charge >= 0.3 is 0 Å². The van der Waals surface area contributed by atoms with Crippen molar-refractivity contribution >= 4 is 34.5 Å². The first-order valence-electron chi connectivity index (χ1n) is 9.18. The molecule has 0 bridgehead atoms. The standard InChI is InChI=1S/C20H21N5O3S/c1-13-5-6-15(12-17(13)25-14(2)22-23-24-25)21-20(28)10-8-16(26)7-9-18(27)19-4-3-11-29-19/h3-6,11-12H,7-10H2,1-2H3,(H,21,28). The van der Waals surface area contributed by atoms with E-state index < -0.39 is 0 Å². The van der Waals surface area contributed by atoms with Gasteiger partial charge in [0.1, 0.15) is 5.78 Å². The lowest BCUT2D eigenvalue weighted by Gasteiger charge is -2.10. The number of ketones is 2. The Morgan fingerprint density at radius 2 is 1.86 bits per heavy atom. The van der Waals surface area contributed by atoms with E-state index in [9.17, 15) is 14.4 Å². The molecule has 2 aromatic heterocycles. The molecule has 3 rings (SSSR count). The molecule has 0 aliphatic rings. The molecule has 0 saturated carbocycles. The average Bonchev–Trinajstić information content (AvgIpc) is 3.38. The van der Waals surface area contributed by atoms with E-state index in [1.54, 1.807) is 35.9 Å². The molecule has 2 heterocycles. The van der Waals surface area contributed by atoms with Crippen molar-refractivity contribution in [2.24, 2.45) is 0 Å². The SMILES string of the molecule is Cc1ccc(NC(=O)CCC(=O)CCC(=O)c2cccs2)cc1-n1nnnc1C. The number of carbonyl (C=O) groups excluding carboxylic acids is 3. The number of anilines is 1. The molecule has 8 nitrogen and oxygen atoms in total. The molecule has 0 fully saturated rings. The van der Waals surface area contributed by atoms with Gasteiger partial charge in [0.25, 0.3) is 0 Å². The number of nitrogens with zero attached hydrogens (tertiary/aromatic N) is 4. The van der Waals surface area contributed by atoms with Gasteiger partial charge in [0.2, 0.25) is 5.91 Å². The number of rotatable bonds is 9. The number of tetrazole rings is 1. The van der Waals surface area contributed by atoms with Crippen LogP contribution in [-0.2, 0) is 9.59 Å². The lowest BCUT2D eigenvalue weighted by atomic mass is 10.1. The predicted molar refractivity (Wildman–Crippen MR) is 109 cm³/mol. The number of hydrogen-bond acceptors (Lipinski definition) is 7. The van der Waals surface area contributed by atoms with E-state index in [2.05, 4.69) is 20.8 Å². The van der Waals surface area contributed by atoms with Crippen LogP contribution in [0.4, 0.5) is 5.69 Å². The third-order valence-corrected chi connectivity index (χ3v) is 5.32. The Balaban J connectivity index is 1.50. The second kappa shape index (κ2) is 9.33. The number of hydrogen-bond donors (Lipinski definition) is 1. The Morgan fingerprint density at radius 1 is 1.07 bits per heavy atom. The molecular weight excluding hydrogens is 390 g/mol. The van der Waals surface area contributed by atoms with Crippen molar-refractivity contribution in [3.05, 3.63) is 52.0 Å². The first-order chi connectivity index (χ1) is 13.9. The highest BCUT2D eigenvalue weighted by Gasteiger charge is 2.13. The second-order valence-corrected chi connectivity index (χ2v) is 7.57. The van der Waals surface area contributed by atoms with Crippen LogP contribution in [0.1, 0.15) is 46.7 Å². The van der Waals surface area contributed by atoms with Crippen molar-refractivity contribution in [2.45, 2.75) is 39.5 Å². The van der Waals surface area contributed by atoms with Gasteiger partial charge < -0.3 is 5.32 Å². The van der Waals surface area contributed by atoms with Crippen molar-refractivity contribution < 1.29 is 14.4 Å². The second-order valence-electron chi connectivity index (χ2n) is 6.63. The predicted octanol–water partition coefficient (Wildman–Crippen LogP) is 3.29. The van der Waals surface area contributed by atoms with Gasteiger partial charge in [-0.3, -0.25) is 14.4 Å². The van der Waals surface area contributed by atoms with Gasteiger partial charge in [-0.25, -0.2) is 0 Å². The van der Waals surface area contributed by atoms with Gasteiger partial charge in [0, 0.05) is 31.4 Å². The van der Waals surface area contributed by atoms with E-state index in [-0.39, 0.29) is 43.2 Å². The van der Waals surface area contributed by atoms with Crippen LogP contribution in [-0.4, -0.2) is 37.7 Å². The minimum absolute atomic E-state index is 0.0390. The molecule has 1 amide bonds. The van der Waals surface area contributed by atoms with Gasteiger partial charge in [-0.15, -0.1) is 16.4 Å². The van der Waals surface area contributed by atoms with E-state index in [1.807, 2.05) is 18.4 Å². The number of Topliss-reactive ketones (excluding diaryl/α,β-unsaturated/α-hetero) is 2. The molecule has 0 radical (unpaired) electrons. The van der Waals surface area contributed by atoms with Crippen LogP contribution in [0, 0.1) is 13.8 Å². The zero-order chi connectivity index (χ0) is 20.8. The van der Waals surface area contributed by atoms with E-state index in [0.717, 1.165) is 11.3 Å². The fraction of sp³-hybridized carbons (Fsp3) is 0.300. The highest BCUT2D eigenvalue weighted by molar-refractivity contribution is 7.12. The monoisotopic (exact) mass is 411 g/mol. The summed E-state index contributed by atoms with van der Waals surface area (Å²) >= 11 is 1.37. The van der Waals surface area contributed by atoms with Gasteiger partial charge in [-0.05, 0) is 53.4 Å². The summed E-state index contributed by atoms with van der Waals surface area (Å²) in [4.78, 5) is 36.8. The average molecular weight is 411 g/mol. The van der Waals surface area contributed by atoms with Crippen LogP contribution < -0.4 is 5.32 Å². The number of nitrogens with one attached hydrogen (secondary N) is 1. The fourth-order valence-electron chi connectivity index (χ4n) is 2.78. The molecule has 1 N–H and O–H groups in total. The molecular formula is C20H21N5O3S. The number of amides is 1. The molecule has 29 heavy (non-hydrogen) atoms. The Bertz CT molecular complexity index is 1030. The largest absolute Gasteiger partial charge is 0.326 e. The summed E-state index contributed by atoms with van der Waals surface area (Å²) < 4.78 is 1.60. The summed E-state index contributed by atoms with van der Waals surface area (Å²) in [5, 5.41) is 16.1. The Labute approximate surface area is 171 Å². The topological polar surface area (TPSA) is 107 Å². The molecule has 0 atom stereocenters. The smallest absolute Gasteiger partial charge is 0.224 e. The van der Waals surface area contributed by atoms with E-state index in [4.69, 9.17) is 0 Å². The zero-order valence-corrected chi connectivity index (χ0v) is 17.0. The van der Waals surface area contributed by atoms with Crippen LogP contribution in [0.15, 0.2) is 35.7 Å². The minimum atomic E-state index is -0.258. The van der Waals surface area contributed by atoms with Crippen molar-refractivity contribution in [3.8, 4) is 5.69 Å². The molecule has 0 unspecified atom stereocenters. The molecule has 0 spiro atoms. The van der Waals surface area contributed by atoms with Gasteiger partial charge in [-0.2, -0.15) is 4.68 Å². The Morgan fingerprint density at radius 3 is 2.55 bits per heavy atom. The normalized spacial score (nSPS) is 10.7. The highest BCUT2D eigenvalue weighted by atomic mass is 32.1. The van der Waals surface area contributed by atoms with Gasteiger partial charge in [-0.1, -0.05) is 12.1 Å². The highest BCUT2D eigenvalue weighted by Crippen LogP contribution is 2.20. The number of benzene rings is 1. The lowest BCUT2D eigenvalue weighted by molar-refractivity contribution is -0.122. The number of carbonyl (C=O) groups is 3. The van der Waals surface area contributed by atoms with Crippen LogP contribution in [0.3, 0.4) is 0 Å². The molecule has 9 heteroatoms. The number of aromatic nitrogens is 4. The van der Waals surface area contributed by atoms with Crippen molar-refractivity contribution in [1.82, 2.24) is 20.2 Å². The molecule has 0 saturated heterocycles. The maximum atomic E-state index is 12.2. The Kier molecular flexibility index (Phi) is 6.61. The molecule has 0 aliphatic heterocycles. The number of aryl methyl sites for hydroxylation is 2. The van der Waals surface area contributed by atoms with Crippen molar-refractivity contribution in [1.29, 1.82) is 0 Å². The van der Waals surface area contributed by atoms with Crippen LogP contribution >= 0.6 is 11.3 Å². The molecule has 3 aromatic rings. The minimum Gasteiger partial charge on any atom is -0.326 e. The summed E-state index contributed by atoms with van der Waals surface area (Å²) in [6.45, 7) is 3.72. The quantitative estimate of drug-likeness (QED) is 0.542. The summed E-state index contributed by atoms with van der Waals surface area (Å²) in [5.74, 6) is 0.243. The van der Waals surface area contributed by atoms with Gasteiger partial charge in [0.15, 0.2) is 11.6 Å². The third-order valence-electron chi connectivity index (χ3n) is 4.40. The van der Waals surface area contributed by atoms with Crippen molar-refractivity contribution in [2.75, 3.05) is 5.32 Å². The van der Waals surface area contributed by atoms with Crippen LogP contribution in [0.5, 0.6) is 0 Å². The summed E-state index contributed by atoms with van der Waals surface area (Å²) in [6, 6.07) is 9.00. The molecule has 1 aromatic carbocycles.